The van der Waals surface area contributed by atoms with Crippen molar-refractivity contribution in [1.29, 1.82) is 5.26 Å². The van der Waals surface area contributed by atoms with Gasteiger partial charge in [-0.3, -0.25) is 0 Å². The zero-order valence-electron chi connectivity index (χ0n) is 51.9. The molecular weight excluding hydrogens is 1170 g/mol. The molecule has 5 aromatic heterocycles. The molecule has 7 nitrogen and oxygen atoms in total. The van der Waals surface area contributed by atoms with Crippen LogP contribution in [0.5, 0.6) is 0 Å². The van der Waals surface area contributed by atoms with E-state index in [2.05, 4.69) is 328 Å². The third-order valence-electron chi connectivity index (χ3n) is 19.4. The van der Waals surface area contributed by atoms with E-state index in [4.69, 9.17) is 9.97 Å². The Kier molecular flexibility index (Phi) is 12.5. The molecule has 446 valence electrons. The number of nitrogens with zero attached hydrogens (tertiary/aromatic N) is 7. The number of nitriles is 1. The van der Waals surface area contributed by atoms with Crippen LogP contribution in [0, 0.1) is 11.3 Å². The van der Waals surface area contributed by atoms with E-state index in [9.17, 15) is 5.26 Å². The maximum absolute atomic E-state index is 10.0. The summed E-state index contributed by atoms with van der Waals surface area (Å²) >= 11 is 0. The molecule has 0 amide bonds. The first-order valence-electron chi connectivity index (χ1n) is 32.5. The van der Waals surface area contributed by atoms with Crippen molar-refractivity contribution < 1.29 is 0 Å². The Morgan fingerprint density at radius 1 is 0.208 bits per heavy atom. The van der Waals surface area contributed by atoms with Crippen molar-refractivity contribution >= 4 is 87.2 Å². The van der Waals surface area contributed by atoms with E-state index < -0.39 is 0 Å². The summed E-state index contributed by atoms with van der Waals surface area (Å²) in [4.78, 5) is 10.6. The number of para-hydroxylation sites is 6. The van der Waals surface area contributed by atoms with Gasteiger partial charge >= 0.3 is 0 Å². The van der Waals surface area contributed by atoms with Crippen LogP contribution < -0.4 is 0 Å². The lowest BCUT2D eigenvalue weighted by Crippen LogP contribution is -1.98. The molecule has 0 fully saturated rings. The van der Waals surface area contributed by atoms with Crippen LogP contribution in [0.15, 0.2) is 334 Å². The van der Waals surface area contributed by atoms with Gasteiger partial charge < -0.3 is 18.3 Å². The summed E-state index contributed by atoms with van der Waals surface area (Å²) in [7, 11) is 0. The summed E-state index contributed by atoms with van der Waals surface area (Å²) in [6, 6.07) is 122. The lowest BCUT2D eigenvalue weighted by Gasteiger charge is -2.13. The number of rotatable bonds is 10. The molecule has 0 saturated heterocycles. The van der Waals surface area contributed by atoms with Gasteiger partial charge in [0.2, 0.25) is 0 Å². The highest BCUT2D eigenvalue weighted by molar-refractivity contribution is 6.15. The smallest absolute Gasteiger partial charge is 0.160 e. The normalized spacial score (nSPS) is 11.7. The molecule has 0 aliphatic heterocycles. The monoisotopic (exact) mass is 1220 g/mol. The van der Waals surface area contributed by atoms with Crippen LogP contribution in [0.2, 0.25) is 0 Å². The second-order valence-electron chi connectivity index (χ2n) is 24.8. The summed E-state index contributed by atoms with van der Waals surface area (Å²) in [5, 5.41) is 19.7. The van der Waals surface area contributed by atoms with Crippen molar-refractivity contribution in [3.63, 3.8) is 0 Å². The zero-order chi connectivity index (χ0) is 63.4. The first kappa shape index (κ1) is 54.6. The molecule has 0 bridgehead atoms. The van der Waals surface area contributed by atoms with E-state index in [1.54, 1.807) is 0 Å². The van der Waals surface area contributed by atoms with Crippen LogP contribution in [-0.2, 0) is 0 Å². The summed E-state index contributed by atoms with van der Waals surface area (Å²) in [6.45, 7) is 0. The van der Waals surface area contributed by atoms with E-state index in [-0.39, 0.29) is 0 Å². The molecule has 96 heavy (non-hydrogen) atoms. The largest absolute Gasteiger partial charge is 0.309 e. The molecular formula is C89H55N7. The van der Waals surface area contributed by atoms with Gasteiger partial charge in [-0.1, -0.05) is 194 Å². The van der Waals surface area contributed by atoms with E-state index in [0.29, 0.717) is 11.4 Å². The summed E-state index contributed by atoms with van der Waals surface area (Å²) in [5.74, 6) is 0.588. The van der Waals surface area contributed by atoms with Crippen LogP contribution in [0.1, 0.15) is 5.56 Å². The molecule has 0 N–H and O–H groups in total. The molecule has 19 aromatic rings. The van der Waals surface area contributed by atoms with Gasteiger partial charge in [0.05, 0.1) is 67.2 Å². The SMILES string of the molecule is N#Cc1cccc(-c2cc(-c3ccc(-c4ccc(-n5c6ccccc6c6cc(-c7ccc8c(c7)c7ccccc7n8-c7ccccc7)ccc65)cc4)cc3)nc(-c3cccc(-n4c5ccccc5c5cc(-c6ccc7c(c6)c6ccccc6n7-c6ccccc6)ccc54)c3)n2)c1. The average molecular weight is 1220 g/mol. The first-order valence-corrected chi connectivity index (χ1v) is 32.5. The topological polar surface area (TPSA) is 69.3 Å². The second-order valence-corrected chi connectivity index (χ2v) is 24.8. The highest BCUT2D eigenvalue weighted by Gasteiger charge is 2.21. The fourth-order valence-electron chi connectivity index (χ4n) is 14.9. The highest BCUT2D eigenvalue weighted by Crippen LogP contribution is 2.42. The molecule has 0 aliphatic rings. The van der Waals surface area contributed by atoms with Gasteiger partial charge in [0, 0.05) is 82.5 Å². The third kappa shape index (κ3) is 8.89. The third-order valence-corrected chi connectivity index (χ3v) is 19.4. The van der Waals surface area contributed by atoms with Crippen LogP contribution in [0.3, 0.4) is 0 Å². The fraction of sp³-hybridized carbons (Fsp3) is 0. The minimum absolute atomic E-state index is 0.568. The van der Waals surface area contributed by atoms with E-state index in [1.165, 1.54) is 76.3 Å². The van der Waals surface area contributed by atoms with Crippen LogP contribution >= 0.6 is 0 Å². The number of benzene rings is 14. The summed E-state index contributed by atoms with van der Waals surface area (Å²) < 4.78 is 9.47. The van der Waals surface area contributed by atoms with Crippen LogP contribution in [0.4, 0.5) is 0 Å². The zero-order valence-corrected chi connectivity index (χ0v) is 51.9. The van der Waals surface area contributed by atoms with Gasteiger partial charge in [-0.05, 0) is 173 Å². The highest BCUT2D eigenvalue weighted by atomic mass is 15.0. The molecule has 19 rings (SSSR count). The van der Waals surface area contributed by atoms with Crippen molar-refractivity contribution in [3.8, 4) is 96.1 Å². The van der Waals surface area contributed by atoms with Gasteiger partial charge in [0.15, 0.2) is 5.82 Å². The molecule has 0 spiro atoms. The quantitative estimate of drug-likeness (QED) is 0.137. The van der Waals surface area contributed by atoms with Gasteiger partial charge in [0.25, 0.3) is 0 Å². The second kappa shape index (κ2) is 22.0. The maximum atomic E-state index is 10.0. The lowest BCUT2D eigenvalue weighted by molar-refractivity contribution is 1.16. The Bertz CT molecular complexity index is 6380. The number of fused-ring (bicyclic) bond motifs is 12. The molecule has 0 atom stereocenters. The van der Waals surface area contributed by atoms with Crippen molar-refractivity contribution in [3.05, 3.63) is 339 Å². The Morgan fingerprint density at radius 3 is 0.969 bits per heavy atom. The van der Waals surface area contributed by atoms with Crippen molar-refractivity contribution in [2.75, 3.05) is 0 Å². The molecule has 14 aromatic carbocycles. The Balaban J connectivity index is 0.646. The molecule has 0 saturated carbocycles. The van der Waals surface area contributed by atoms with Gasteiger partial charge in [-0.15, -0.1) is 0 Å². The minimum atomic E-state index is 0.568. The van der Waals surface area contributed by atoms with Crippen molar-refractivity contribution in [2.45, 2.75) is 0 Å². The Morgan fingerprint density at radius 2 is 0.531 bits per heavy atom. The molecule has 0 aliphatic carbocycles. The molecule has 0 radical (unpaired) electrons. The standard InChI is InChI=1S/C89H55N7/c90-56-57-17-15-18-65(49-57)80-55-79(91-89(92-80)66-19-16-24-70(50-66)96-84-32-14-10-28-74(84)78-54-64(42-48-88(78)96)62-40-46-86-76(52-62)72-26-8-12-30-82(72)94(86)68-22-5-2-6-23-68)60-35-33-58(34-36-60)59-37-43-69(44-38-59)95-83-31-13-9-27-73(83)77-53-63(41-47-87(77)95)61-39-45-85-75(51-61)71-25-7-11-29-81(71)93(85)67-20-3-1-4-21-67/h1-55H. The predicted molar refractivity (Wildman–Crippen MR) is 397 cm³/mol. The van der Waals surface area contributed by atoms with E-state index in [1.807, 2.05) is 30.3 Å². The Labute approximate surface area is 552 Å². The van der Waals surface area contributed by atoms with Gasteiger partial charge in [0.1, 0.15) is 0 Å². The fourth-order valence-corrected chi connectivity index (χ4v) is 14.9. The van der Waals surface area contributed by atoms with Crippen molar-refractivity contribution in [2.24, 2.45) is 0 Å². The van der Waals surface area contributed by atoms with Crippen LogP contribution in [0.25, 0.3) is 177 Å². The Hall–Kier alpha value is -13.2. The summed E-state index contributed by atoms with van der Waals surface area (Å²) in [6.07, 6.45) is 0. The molecule has 5 heterocycles. The van der Waals surface area contributed by atoms with Gasteiger partial charge in [-0.2, -0.15) is 5.26 Å². The first-order chi connectivity index (χ1) is 47.5. The van der Waals surface area contributed by atoms with E-state index >= 15 is 0 Å². The molecule has 0 unspecified atom stereocenters. The number of aromatic nitrogens is 6. The lowest BCUT2D eigenvalue weighted by atomic mass is 10.0. The maximum Gasteiger partial charge on any atom is 0.160 e. The van der Waals surface area contributed by atoms with Gasteiger partial charge in [-0.25, -0.2) is 9.97 Å². The predicted octanol–water partition coefficient (Wildman–Crippen LogP) is 22.7. The van der Waals surface area contributed by atoms with Crippen molar-refractivity contribution in [1.82, 2.24) is 28.2 Å². The minimum Gasteiger partial charge on any atom is -0.309 e. The number of hydrogen-bond donors (Lipinski definition) is 0. The number of hydrogen-bond acceptors (Lipinski definition) is 3. The molecule has 7 heteroatoms. The van der Waals surface area contributed by atoms with E-state index in [0.717, 1.165) is 95.1 Å². The van der Waals surface area contributed by atoms with Crippen LogP contribution in [-0.4, -0.2) is 28.2 Å². The summed E-state index contributed by atoms with van der Waals surface area (Å²) in [5.41, 5.74) is 25.3. The average Bonchev–Trinajstić information content (AvgIpc) is 1.60.